The van der Waals surface area contributed by atoms with Gasteiger partial charge in [-0.15, -0.1) is 8.78 Å². The highest BCUT2D eigenvalue weighted by molar-refractivity contribution is 5.55. The van der Waals surface area contributed by atoms with Crippen LogP contribution in [0, 0.1) is 6.92 Å². The van der Waals surface area contributed by atoms with Crippen LogP contribution < -0.4 is 0 Å². The first-order valence-corrected chi connectivity index (χ1v) is 2.99. The van der Waals surface area contributed by atoms with Crippen molar-refractivity contribution in [3.05, 3.63) is 35.9 Å². The van der Waals surface area contributed by atoms with Gasteiger partial charge in [0.25, 0.3) is 0 Å². The Hall–Kier alpha value is -1.25. The molecule has 0 saturated carbocycles. The molecule has 0 saturated heterocycles. The van der Waals surface area contributed by atoms with Crippen molar-refractivity contribution in [1.82, 2.24) is 0 Å². The van der Waals surface area contributed by atoms with E-state index in [1.54, 1.807) is 0 Å². The Morgan fingerprint density at radius 1 is 1.18 bits per heavy atom. The summed E-state index contributed by atoms with van der Waals surface area (Å²) in [4.78, 5) is 8.11. The van der Waals surface area contributed by atoms with Crippen molar-refractivity contribution in [3.63, 3.8) is 0 Å². The summed E-state index contributed by atoms with van der Waals surface area (Å²) in [7, 11) is 0. The molecule has 1 nitrogen and oxygen atoms in total. The van der Waals surface area contributed by atoms with Crippen molar-refractivity contribution in [2.45, 2.75) is 6.92 Å². The third-order valence-electron chi connectivity index (χ3n) is 0.940. The van der Waals surface area contributed by atoms with E-state index in [0.717, 1.165) is 0 Å². The molecule has 0 amide bonds. The Morgan fingerprint density at radius 2 is 1.55 bits per heavy atom. The van der Waals surface area contributed by atoms with E-state index in [2.05, 4.69) is 19.1 Å². The summed E-state index contributed by atoms with van der Waals surface area (Å²) in [5, 5.41) is 0. The molecule has 0 bridgehead atoms. The number of benzene rings is 1. The molecule has 0 aliphatic heterocycles. The first kappa shape index (κ1) is 9.75. The minimum atomic E-state index is -2.83. The van der Waals surface area contributed by atoms with Crippen LogP contribution in [-0.2, 0) is 0 Å². The number of rotatable bonds is 0. The minimum Gasteiger partial charge on any atom is -0.219 e. The molecule has 0 spiro atoms. The predicted octanol–water partition coefficient (Wildman–Crippen LogP) is 3.04. The smallest absolute Gasteiger partial charge is 0.219 e. The van der Waals surface area contributed by atoms with E-state index < -0.39 is 6.29 Å². The predicted molar refractivity (Wildman–Crippen MR) is 38.8 cm³/mol. The summed E-state index contributed by atoms with van der Waals surface area (Å²) in [5.74, 6) is 0. The van der Waals surface area contributed by atoms with Gasteiger partial charge in [0, 0.05) is 0 Å². The molecule has 0 aliphatic carbocycles. The average Bonchev–Trinajstić information content (AvgIpc) is 1.87. The second-order valence-corrected chi connectivity index (χ2v) is 1.88. The van der Waals surface area contributed by atoms with Gasteiger partial charge in [-0.3, -0.25) is 0 Å². The van der Waals surface area contributed by atoms with Crippen LogP contribution >= 0.6 is 0 Å². The van der Waals surface area contributed by atoms with Crippen LogP contribution in [0.15, 0.2) is 30.3 Å². The zero-order chi connectivity index (χ0) is 8.69. The fraction of sp³-hybridized carbons (Fsp3) is 0.125. The average molecular weight is 158 g/mol. The standard InChI is InChI=1S/C7H8.CF2O/c1-7-5-3-2-4-6-7;2-1(3)4/h2-6H,1H3;. The van der Waals surface area contributed by atoms with Gasteiger partial charge in [-0.1, -0.05) is 35.9 Å². The Morgan fingerprint density at radius 3 is 1.73 bits per heavy atom. The number of aryl methyl sites for hydroxylation is 1. The number of hydrogen-bond acceptors (Lipinski definition) is 1. The van der Waals surface area contributed by atoms with Crippen LogP contribution in [0.25, 0.3) is 0 Å². The van der Waals surface area contributed by atoms with Crippen molar-refractivity contribution in [1.29, 1.82) is 0 Å². The van der Waals surface area contributed by atoms with Gasteiger partial charge in [-0.25, -0.2) is 4.79 Å². The third-order valence-corrected chi connectivity index (χ3v) is 0.940. The fourth-order valence-corrected chi connectivity index (χ4v) is 0.534. The maximum absolute atomic E-state index is 9.69. The van der Waals surface area contributed by atoms with Crippen LogP contribution in [0.2, 0.25) is 0 Å². The van der Waals surface area contributed by atoms with Crippen LogP contribution in [0.5, 0.6) is 0 Å². The molecule has 11 heavy (non-hydrogen) atoms. The lowest BCUT2D eigenvalue weighted by Crippen LogP contribution is -1.62. The molecular formula is C8H8F2O. The lowest BCUT2D eigenvalue weighted by atomic mass is 10.2. The molecule has 0 fully saturated rings. The molecule has 0 atom stereocenters. The Kier molecular flexibility index (Phi) is 4.90. The number of halogens is 2. The van der Waals surface area contributed by atoms with Crippen molar-refractivity contribution in [2.24, 2.45) is 0 Å². The molecule has 60 valence electrons. The van der Waals surface area contributed by atoms with Crippen LogP contribution in [-0.4, -0.2) is 6.29 Å². The maximum Gasteiger partial charge on any atom is 0.483 e. The van der Waals surface area contributed by atoms with E-state index in [0.29, 0.717) is 0 Å². The first-order valence-electron chi connectivity index (χ1n) is 2.99. The van der Waals surface area contributed by atoms with Gasteiger partial charge in [0.15, 0.2) is 0 Å². The lowest BCUT2D eigenvalue weighted by molar-refractivity contribution is 0.199. The summed E-state index contributed by atoms with van der Waals surface area (Å²) in [6.45, 7) is 2.08. The molecule has 0 unspecified atom stereocenters. The summed E-state index contributed by atoms with van der Waals surface area (Å²) >= 11 is 0. The molecule has 0 aliphatic rings. The Labute approximate surface area is 63.7 Å². The van der Waals surface area contributed by atoms with Crippen molar-refractivity contribution in [2.75, 3.05) is 0 Å². The Bertz CT molecular complexity index is 205. The molecule has 1 rings (SSSR count). The largest absolute Gasteiger partial charge is 0.483 e. The summed E-state index contributed by atoms with van der Waals surface area (Å²) in [5.41, 5.74) is 1.32. The van der Waals surface area contributed by atoms with Crippen molar-refractivity contribution < 1.29 is 13.6 Å². The minimum absolute atomic E-state index is 1.32. The SMILES string of the molecule is Cc1ccccc1.O=C(F)F. The monoisotopic (exact) mass is 158 g/mol. The molecule has 0 heterocycles. The van der Waals surface area contributed by atoms with Gasteiger partial charge in [-0.05, 0) is 6.92 Å². The second-order valence-electron chi connectivity index (χ2n) is 1.88. The number of hydrogen-bond donors (Lipinski definition) is 0. The van der Waals surface area contributed by atoms with Crippen LogP contribution in [0.4, 0.5) is 13.6 Å². The summed E-state index contributed by atoms with van der Waals surface area (Å²) in [6.07, 6.45) is -2.83. The van der Waals surface area contributed by atoms with Gasteiger partial charge in [0.2, 0.25) is 0 Å². The normalized spacial score (nSPS) is 7.91. The highest BCUT2D eigenvalue weighted by atomic mass is 19.3. The lowest BCUT2D eigenvalue weighted by Gasteiger charge is -1.82. The zero-order valence-electron chi connectivity index (χ0n) is 6.05. The second kappa shape index (κ2) is 5.53. The van der Waals surface area contributed by atoms with Crippen molar-refractivity contribution >= 4 is 6.29 Å². The van der Waals surface area contributed by atoms with E-state index in [1.807, 2.05) is 18.2 Å². The van der Waals surface area contributed by atoms with E-state index in [4.69, 9.17) is 4.79 Å². The fourth-order valence-electron chi connectivity index (χ4n) is 0.534. The van der Waals surface area contributed by atoms with E-state index in [1.165, 1.54) is 5.56 Å². The van der Waals surface area contributed by atoms with E-state index >= 15 is 0 Å². The first-order chi connectivity index (χ1) is 5.13. The highest BCUT2D eigenvalue weighted by Crippen LogP contribution is 1.92. The van der Waals surface area contributed by atoms with E-state index in [9.17, 15) is 8.78 Å². The summed E-state index contributed by atoms with van der Waals surface area (Å²) in [6, 6.07) is 10.3. The molecule has 1 aromatic carbocycles. The maximum atomic E-state index is 9.69. The summed E-state index contributed by atoms with van der Waals surface area (Å²) < 4.78 is 19.4. The zero-order valence-corrected chi connectivity index (χ0v) is 6.05. The van der Waals surface area contributed by atoms with Crippen LogP contribution in [0.1, 0.15) is 5.56 Å². The molecular weight excluding hydrogens is 150 g/mol. The van der Waals surface area contributed by atoms with Gasteiger partial charge in [0.05, 0.1) is 0 Å². The topological polar surface area (TPSA) is 17.1 Å². The van der Waals surface area contributed by atoms with Crippen molar-refractivity contribution in [3.8, 4) is 0 Å². The van der Waals surface area contributed by atoms with E-state index in [-0.39, 0.29) is 0 Å². The van der Waals surface area contributed by atoms with Gasteiger partial charge in [-0.2, -0.15) is 0 Å². The molecule has 3 heteroatoms. The molecule has 0 aromatic heterocycles. The number of carbonyl (C=O) groups is 1. The Balaban J connectivity index is 0.000000218. The molecule has 0 N–H and O–H groups in total. The van der Waals surface area contributed by atoms with Crippen LogP contribution in [0.3, 0.4) is 0 Å². The number of carbonyl (C=O) groups excluding carboxylic acids is 1. The highest BCUT2D eigenvalue weighted by Gasteiger charge is 1.78. The van der Waals surface area contributed by atoms with Gasteiger partial charge >= 0.3 is 6.29 Å². The van der Waals surface area contributed by atoms with Gasteiger partial charge < -0.3 is 0 Å². The molecule has 0 radical (unpaired) electrons. The van der Waals surface area contributed by atoms with Gasteiger partial charge in [0.1, 0.15) is 0 Å². The quantitative estimate of drug-likeness (QED) is 0.530. The molecule has 1 aromatic rings. The third kappa shape index (κ3) is 8.75.